The number of aliphatic hydroxyl groups is 1. The molecule has 7 heteroatoms. The van der Waals surface area contributed by atoms with Crippen molar-refractivity contribution in [2.75, 3.05) is 24.8 Å². The highest BCUT2D eigenvalue weighted by Crippen LogP contribution is 2.32. The monoisotopic (exact) mass is 273 g/mol. The van der Waals surface area contributed by atoms with Crippen molar-refractivity contribution in [2.45, 2.75) is 11.8 Å². The highest BCUT2D eigenvalue weighted by Gasteiger charge is 2.21. The maximum atomic E-state index is 11.9. The molecule has 0 aliphatic carbocycles. The number of rotatable bonds is 5. The molecule has 0 aliphatic rings. The zero-order chi connectivity index (χ0) is 13.8. The molecule has 0 radical (unpaired) electrons. The summed E-state index contributed by atoms with van der Waals surface area (Å²) >= 11 is 0. The molecule has 0 aromatic heterocycles. The van der Waals surface area contributed by atoms with Gasteiger partial charge in [-0.2, -0.15) is 0 Å². The summed E-state index contributed by atoms with van der Waals surface area (Å²) in [5.41, 5.74) is 0.281. The average Bonchev–Trinajstić information content (AvgIpc) is 2.27. The van der Waals surface area contributed by atoms with E-state index in [4.69, 9.17) is 9.84 Å². The summed E-state index contributed by atoms with van der Waals surface area (Å²) in [6.45, 7) is 0.837. The summed E-state index contributed by atoms with van der Waals surface area (Å²) in [5.74, 6) is -0.654. The third-order valence-corrected chi connectivity index (χ3v) is 3.90. The summed E-state index contributed by atoms with van der Waals surface area (Å²) in [6.07, 6.45) is 0. The minimum absolute atomic E-state index is 0.0506. The summed E-state index contributed by atoms with van der Waals surface area (Å²) < 4.78 is 28.8. The fourth-order valence-electron chi connectivity index (χ4n) is 1.49. The number of para-hydroxylation sites is 1. The lowest BCUT2D eigenvalue weighted by Gasteiger charge is -2.13. The van der Waals surface area contributed by atoms with Crippen LogP contribution in [0.5, 0.6) is 5.75 Å². The smallest absolute Gasteiger partial charge is 0.221 e. The van der Waals surface area contributed by atoms with Crippen LogP contribution in [0.25, 0.3) is 0 Å². The Bertz CT molecular complexity index is 538. The average molecular weight is 273 g/mol. The van der Waals surface area contributed by atoms with Gasteiger partial charge in [0.05, 0.1) is 25.2 Å². The zero-order valence-electron chi connectivity index (χ0n) is 10.1. The van der Waals surface area contributed by atoms with E-state index in [1.54, 1.807) is 0 Å². The number of anilines is 1. The minimum atomic E-state index is -3.64. The normalized spacial score (nSPS) is 11.1. The van der Waals surface area contributed by atoms with Gasteiger partial charge < -0.3 is 15.2 Å². The van der Waals surface area contributed by atoms with Gasteiger partial charge in [-0.3, -0.25) is 4.79 Å². The Balaban J connectivity index is 3.33. The van der Waals surface area contributed by atoms with Crippen molar-refractivity contribution in [3.8, 4) is 5.75 Å². The minimum Gasteiger partial charge on any atom is -0.493 e. The number of carbonyl (C=O) groups is 1. The highest BCUT2D eigenvalue weighted by molar-refractivity contribution is 7.91. The molecule has 0 heterocycles. The third-order valence-electron chi connectivity index (χ3n) is 2.19. The van der Waals surface area contributed by atoms with Gasteiger partial charge in [-0.05, 0) is 12.1 Å². The van der Waals surface area contributed by atoms with E-state index in [-0.39, 0.29) is 22.2 Å². The van der Waals surface area contributed by atoms with Crippen molar-refractivity contribution in [1.82, 2.24) is 0 Å². The van der Waals surface area contributed by atoms with Gasteiger partial charge in [-0.15, -0.1) is 0 Å². The quantitative estimate of drug-likeness (QED) is 0.811. The van der Waals surface area contributed by atoms with E-state index in [1.165, 1.54) is 32.2 Å². The zero-order valence-corrected chi connectivity index (χ0v) is 11.0. The van der Waals surface area contributed by atoms with Gasteiger partial charge in [-0.25, -0.2) is 8.42 Å². The fourth-order valence-corrected chi connectivity index (χ4v) is 2.71. The van der Waals surface area contributed by atoms with E-state index < -0.39 is 22.2 Å². The molecule has 0 saturated carbocycles. The first-order valence-corrected chi connectivity index (χ1v) is 6.86. The van der Waals surface area contributed by atoms with Gasteiger partial charge in [0.2, 0.25) is 5.91 Å². The van der Waals surface area contributed by atoms with Crippen LogP contribution in [0.3, 0.4) is 0 Å². The first-order chi connectivity index (χ1) is 8.42. The second kappa shape index (κ2) is 5.83. The van der Waals surface area contributed by atoms with E-state index in [1.807, 2.05) is 0 Å². The van der Waals surface area contributed by atoms with Gasteiger partial charge in [0.25, 0.3) is 0 Å². The van der Waals surface area contributed by atoms with Gasteiger partial charge in [0.15, 0.2) is 15.6 Å². The van der Waals surface area contributed by atoms with E-state index in [0.29, 0.717) is 0 Å². The van der Waals surface area contributed by atoms with Crippen LogP contribution in [0.15, 0.2) is 23.1 Å². The van der Waals surface area contributed by atoms with Crippen LogP contribution in [0.4, 0.5) is 5.69 Å². The number of methoxy groups -OCH3 is 1. The Hall–Kier alpha value is -1.60. The lowest BCUT2D eigenvalue weighted by atomic mass is 10.3. The molecule has 0 atom stereocenters. The van der Waals surface area contributed by atoms with Crippen LogP contribution >= 0.6 is 0 Å². The maximum absolute atomic E-state index is 11.9. The van der Waals surface area contributed by atoms with Gasteiger partial charge in [-0.1, -0.05) is 6.07 Å². The second-order valence-corrected chi connectivity index (χ2v) is 5.64. The predicted molar refractivity (Wildman–Crippen MR) is 66.4 cm³/mol. The van der Waals surface area contributed by atoms with Gasteiger partial charge in [0.1, 0.15) is 4.90 Å². The van der Waals surface area contributed by atoms with Crippen molar-refractivity contribution in [3.63, 3.8) is 0 Å². The molecule has 0 saturated heterocycles. The van der Waals surface area contributed by atoms with Crippen LogP contribution < -0.4 is 10.1 Å². The lowest BCUT2D eigenvalue weighted by molar-refractivity contribution is -0.114. The predicted octanol–water partition coefficient (Wildman–Crippen LogP) is 0.420. The Morgan fingerprint density at radius 1 is 1.44 bits per heavy atom. The molecule has 100 valence electrons. The summed E-state index contributed by atoms with van der Waals surface area (Å²) in [4.78, 5) is 11.0. The maximum Gasteiger partial charge on any atom is 0.221 e. The molecule has 2 N–H and O–H groups in total. The molecular weight excluding hydrogens is 258 g/mol. The molecule has 0 aliphatic heterocycles. The molecule has 1 aromatic carbocycles. The molecule has 18 heavy (non-hydrogen) atoms. The molecule has 0 fully saturated rings. The van der Waals surface area contributed by atoms with Crippen molar-refractivity contribution in [1.29, 1.82) is 0 Å². The number of hydrogen-bond acceptors (Lipinski definition) is 5. The Morgan fingerprint density at radius 3 is 2.61 bits per heavy atom. The standard InChI is InChI=1S/C11H15NO5S/c1-8(14)12-9-4-3-5-10(11(9)17-2)18(15,16)7-6-13/h3-5,13H,6-7H2,1-2H3,(H,12,14). The Kier molecular flexibility index (Phi) is 4.69. The molecule has 0 bridgehead atoms. The van der Waals surface area contributed by atoms with Gasteiger partial charge >= 0.3 is 0 Å². The molecule has 0 spiro atoms. The first kappa shape index (κ1) is 14.5. The topological polar surface area (TPSA) is 92.7 Å². The third kappa shape index (κ3) is 3.21. The summed E-state index contributed by atoms with van der Waals surface area (Å²) in [7, 11) is -2.32. The molecule has 1 amide bonds. The van der Waals surface area contributed by atoms with E-state index in [0.717, 1.165) is 0 Å². The summed E-state index contributed by atoms with van der Waals surface area (Å²) in [6, 6.07) is 4.41. The van der Waals surface area contributed by atoms with E-state index >= 15 is 0 Å². The fraction of sp³-hybridized carbons (Fsp3) is 0.364. The number of sulfone groups is 1. The van der Waals surface area contributed by atoms with Crippen molar-refractivity contribution >= 4 is 21.4 Å². The van der Waals surface area contributed by atoms with Crippen LogP contribution in [0.1, 0.15) is 6.92 Å². The Labute approximate surface area is 106 Å². The molecule has 0 unspecified atom stereocenters. The van der Waals surface area contributed by atoms with Crippen molar-refractivity contribution in [3.05, 3.63) is 18.2 Å². The second-order valence-electron chi connectivity index (χ2n) is 3.56. The highest BCUT2D eigenvalue weighted by atomic mass is 32.2. The number of amides is 1. The Morgan fingerprint density at radius 2 is 2.11 bits per heavy atom. The number of hydrogen-bond donors (Lipinski definition) is 2. The van der Waals surface area contributed by atoms with Crippen molar-refractivity contribution < 1.29 is 23.1 Å². The van der Waals surface area contributed by atoms with E-state index in [2.05, 4.69) is 5.32 Å². The first-order valence-electron chi connectivity index (χ1n) is 5.20. The van der Waals surface area contributed by atoms with Crippen LogP contribution in [-0.4, -0.2) is 38.9 Å². The number of aliphatic hydroxyl groups excluding tert-OH is 1. The molecule has 6 nitrogen and oxygen atoms in total. The molecular formula is C11H15NO5S. The van der Waals surface area contributed by atoms with Crippen LogP contribution in [-0.2, 0) is 14.6 Å². The van der Waals surface area contributed by atoms with Gasteiger partial charge in [0, 0.05) is 6.92 Å². The largest absolute Gasteiger partial charge is 0.493 e. The number of nitrogens with one attached hydrogen (secondary N) is 1. The molecule has 1 aromatic rings. The summed E-state index contributed by atoms with van der Waals surface area (Å²) in [5, 5.41) is 11.2. The molecule has 1 rings (SSSR count). The number of benzene rings is 1. The SMILES string of the molecule is COc1c(NC(C)=O)cccc1S(=O)(=O)CCO. The number of carbonyl (C=O) groups excluding carboxylic acids is 1. The van der Waals surface area contributed by atoms with Crippen LogP contribution in [0, 0.1) is 0 Å². The van der Waals surface area contributed by atoms with E-state index in [9.17, 15) is 13.2 Å². The lowest BCUT2D eigenvalue weighted by Crippen LogP contribution is -2.13. The van der Waals surface area contributed by atoms with Crippen molar-refractivity contribution in [2.24, 2.45) is 0 Å². The van der Waals surface area contributed by atoms with Crippen LogP contribution in [0.2, 0.25) is 0 Å². The number of ether oxygens (including phenoxy) is 1.